The first kappa shape index (κ1) is 3.61. The van der Waals surface area contributed by atoms with Crippen LogP contribution in [-0.2, 0) is 0 Å². The molecule has 1 aromatic carbocycles. The van der Waals surface area contributed by atoms with Gasteiger partial charge in [0, 0.05) is 5.56 Å². The van der Waals surface area contributed by atoms with Crippen LogP contribution in [0.5, 0.6) is 11.5 Å². The molecule has 0 unspecified atom stereocenters. The third-order valence-corrected chi connectivity index (χ3v) is 0.911. The second-order valence-electron chi connectivity index (χ2n) is 1.60. The highest BCUT2D eigenvalue weighted by molar-refractivity contribution is 5.76. The zero-order chi connectivity index (χ0) is 10.2. The molecule has 1 rings (SSSR count). The Morgan fingerprint density at radius 1 is 1.40 bits per heavy atom. The molecule has 10 heavy (non-hydrogen) atoms. The number of rotatable bonds is 1. The lowest BCUT2D eigenvalue weighted by molar-refractivity contribution is 0.112. The molecule has 0 radical (unpaired) electrons. The Bertz CT molecular complexity index is 347. The Balaban J connectivity index is 3.66. The minimum Gasteiger partial charge on any atom is -0.504 e. The molecule has 0 heterocycles. The molecule has 0 aliphatic carbocycles. The second-order valence-corrected chi connectivity index (χ2v) is 1.60. The van der Waals surface area contributed by atoms with Crippen LogP contribution < -0.4 is 0 Å². The smallest absolute Gasteiger partial charge is 0.158 e. The van der Waals surface area contributed by atoms with Crippen LogP contribution in [0, 0.1) is 0 Å². The molecule has 0 spiro atoms. The molecule has 52 valence electrons. The van der Waals surface area contributed by atoms with E-state index in [4.69, 9.17) is 14.3 Å². The van der Waals surface area contributed by atoms with Crippen LogP contribution in [0.4, 0.5) is 0 Å². The fourth-order valence-corrected chi connectivity index (χ4v) is 0.463. The largest absolute Gasteiger partial charge is 0.504 e. The highest BCUT2D eigenvalue weighted by atomic mass is 16.3. The maximum absolute atomic E-state index is 10.3. The van der Waals surface area contributed by atoms with Crippen molar-refractivity contribution >= 4 is 6.29 Å². The van der Waals surface area contributed by atoms with E-state index in [1.54, 1.807) is 0 Å². The van der Waals surface area contributed by atoms with Gasteiger partial charge in [0.15, 0.2) is 11.5 Å². The second kappa shape index (κ2) is 2.39. The average Bonchev–Trinajstić information content (AvgIpc) is 2.13. The van der Waals surface area contributed by atoms with Crippen molar-refractivity contribution in [3.63, 3.8) is 0 Å². The molecule has 0 aliphatic rings. The molecular weight excluding hydrogens is 132 g/mol. The van der Waals surface area contributed by atoms with Crippen molar-refractivity contribution in [2.75, 3.05) is 0 Å². The number of carbonyl (C=O) groups excluding carboxylic acids is 1. The third-order valence-electron chi connectivity index (χ3n) is 0.911. The molecule has 0 saturated carbocycles. The predicted octanol–water partition coefficient (Wildman–Crippen LogP) is 0.910. The van der Waals surface area contributed by atoms with E-state index >= 15 is 0 Å². The van der Waals surface area contributed by atoms with Gasteiger partial charge in [-0.05, 0) is 18.1 Å². The van der Waals surface area contributed by atoms with Crippen LogP contribution >= 0.6 is 0 Å². The van der Waals surface area contributed by atoms with Crippen LogP contribution in [0.25, 0.3) is 0 Å². The van der Waals surface area contributed by atoms with Gasteiger partial charge in [-0.3, -0.25) is 4.79 Å². The molecule has 0 aliphatic heterocycles. The summed E-state index contributed by atoms with van der Waals surface area (Å²) < 4.78 is 21.4. The summed E-state index contributed by atoms with van der Waals surface area (Å²) in [7, 11) is 0. The quantitative estimate of drug-likeness (QED) is 0.451. The van der Waals surface area contributed by atoms with E-state index in [9.17, 15) is 4.79 Å². The maximum atomic E-state index is 10.3. The van der Waals surface area contributed by atoms with Crippen molar-refractivity contribution in [1.82, 2.24) is 0 Å². The molecule has 0 amide bonds. The predicted molar refractivity (Wildman–Crippen MR) is 35.2 cm³/mol. The summed E-state index contributed by atoms with van der Waals surface area (Å²) in [4.78, 5) is 10.3. The normalized spacial score (nSPS) is 13.4. The van der Waals surface area contributed by atoms with Gasteiger partial charge in [-0.25, -0.2) is 0 Å². The van der Waals surface area contributed by atoms with Gasteiger partial charge < -0.3 is 10.2 Å². The first-order valence-electron chi connectivity index (χ1n) is 3.97. The van der Waals surface area contributed by atoms with Crippen molar-refractivity contribution < 1.29 is 19.1 Å². The molecule has 0 atom stereocenters. The number of phenols is 2. The lowest BCUT2D eigenvalue weighted by Gasteiger charge is -1.95. The Labute approximate surface area is 61.8 Å². The van der Waals surface area contributed by atoms with Crippen LogP contribution in [0.2, 0.25) is 0 Å². The fraction of sp³-hybridized carbons (Fsp3) is 0. The highest BCUT2D eigenvalue weighted by Crippen LogP contribution is 2.23. The molecule has 0 saturated heterocycles. The first-order valence-corrected chi connectivity index (χ1v) is 2.47. The third kappa shape index (κ3) is 1.07. The van der Waals surface area contributed by atoms with Crippen LogP contribution in [0.15, 0.2) is 18.1 Å². The summed E-state index contributed by atoms with van der Waals surface area (Å²) in [6.07, 6.45) is 0.196. The van der Waals surface area contributed by atoms with E-state index < -0.39 is 35.2 Å². The van der Waals surface area contributed by atoms with Gasteiger partial charge in [0.25, 0.3) is 0 Å². The molecule has 0 bridgehead atoms. The molecule has 0 fully saturated rings. The van der Waals surface area contributed by atoms with Gasteiger partial charge in [-0.2, -0.15) is 0 Å². The van der Waals surface area contributed by atoms with Gasteiger partial charge in [0.05, 0.1) is 4.11 Å². The summed E-state index contributed by atoms with van der Waals surface area (Å²) in [6, 6.07) is -1.85. The fourth-order valence-electron chi connectivity index (χ4n) is 0.463. The topological polar surface area (TPSA) is 57.5 Å². The maximum Gasteiger partial charge on any atom is 0.158 e. The summed E-state index contributed by atoms with van der Waals surface area (Å²) in [5.41, 5.74) is -0.402. The molecular formula is C7H6O3. The summed E-state index contributed by atoms with van der Waals surface area (Å²) >= 11 is 0. The Kier molecular flexibility index (Phi) is 0.862. The zero-order valence-electron chi connectivity index (χ0n) is 7.88. The standard InChI is InChI=1S/C7H6O3/c8-4-5-1-2-6(9)7(10)3-5/h1-4,9-10H/i1D,2D,3D. The lowest BCUT2D eigenvalue weighted by Crippen LogP contribution is -1.77. The highest BCUT2D eigenvalue weighted by Gasteiger charge is 1.97. The number of hydrogen-bond donors (Lipinski definition) is 2. The average molecular weight is 141 g/mol. The number of aromatic hydroxyl groups is 2. The van der Waals surface area contributed by atoms with Crippen LogP contribution in [0.3, 0.4) is 0 Å². The zero-order valence-corrected chi connectivity index (χ0v) is 4.88. The van der Waals surface area contributed by atoms with Gasteiger partial charge in [-0.1, -0.05) is 0 Å². The first-order chi connectivity index (χ1) is 6.00. The number of aldehydes is 1. The monoisotopic (exact) mass is 141 g/mol. The van der Waals surface area contributed by atoms with Crippen molar-refractivity contribution in [1.29, 1.82) is 0 Å². The number of hydrogen-bond acceptors (Lipinski definition) is 3. The van der Waals surface area contributed by atoms with E-state index in [-0.39, 0.29) is 6.29 Å². The van der Waals surface area contributed by atoms with Crippen LogP contribution in [0.1, 0.15) is 14.5 Å². The van der Waals surface area contributed by atoms with Crippen molar-refractivity contribution in [2.24, 2.45) is 0 Å². The van der Waals surface area contributed by atoms with E-state index in [1.165, 1.54) is 0 Å². The van der Waals surface area contributed by atoms with Crippen molar-refractivity contribution in [2.45, 2.75) is 0 Å². The van der Waals surface area contributed by atoms with Crippen LogP contribution in [-0.4, -0.2) is 16.5 Å². The van der Waals surface area contributed by atoms with Crippen molar-refractivity contribution in [3.05, 3.63) is 23.7 Å². The van der Waals surface area contributed by atoms with E-state index in [1.807, 2.05) is 0 Å². The molecule has 3 nitrogen and oxygen atoms in total. The SMILES string of the molecule is [2H]c1c([2H])c(C=O)c([2H])c(O)c1O. The number of carbonyl (C=O) groups is 1. The summed E-state index contributed by atoms with van der Waals surface area (Å²) in [5, 5.41) is 18.0. The van der Waals surface area contributed by atoms with Gasteiger partial charge in [0.1, 0.15) is 6.29 Å². The summed E-state index contributed by atoms with van der Waals surface area (Å²) in [5.74, 6) is -1.69. The molecule has 1 aromatic rings. The lowest BCUT2D eigenvalue weighted by atomic mass is 10.2. The minimum atomic E-state index is -0.847. The number of benzene rings is 1. The number of phenolic OH excluding ortho intramolecular Hbond substituents is 2. The Morgan fingerprint density at radius 3 is 2.70 bits per heavy atom. The summed E-state index contributed by atoms with van der Waals surface area (Å²) in [6.45, 7) is 0. The molecule has 3 heteroatoms. The molecule has 2 N–H and O–H groups in total. The van der Waals surface area contributed by atoms with Gasteiger partial charge >= 0.3 is 0 Å². The molecule has 0 aromatic heterocycles. The Morgan fingerprint density at radius 2 is 2.10 bits per heavy atom. The van der Waals surface area contributed by atoms with E-state index in [2.05, 4.69) is 0 Å². The van der Waals surface area contributed by atoms with E-state index in [0.29, 0.717) is 0 Å². The Hall–Kier alpha value is -1.51. The minimum absolute atomic E-state index is 0.196. The van der Waals surface area contributed by atoms with Gasteiger partial charge in [-0.15, -0.1) is 0 Å². The van der Waals surface area contributed by atoms with E-state index in [0.717, 1.165) is 0 Å². The van der Waals surface area contributed by atoms with Gasteiger partial charge in [0.2, 0.25) is 0 Å². The van der Waals surface area contributed by atoms with Crippen molar-refractivity contribution in [3.8, 4) is 11.5 Å².